The molecule has 70 valence electrons. The Labute approximate surface area is 91.2 Å². The SMILES string of the molecule is C/C(=C/c1ccc(Cl)cc1Br)CO. The summed E-state index contributed by atoms with van der Waals surface area (Å²) in [6, 6.07) is 5.56. The predicted octanol–water partition coefficient (Wildman–Crippen LogP) is 3.50. The molecule has 0 fully saturated rings. The summed E-state index contributed by atoms with van der Waals surface area (Å²) in [6.45, 7) is 1.95. The van der Waals surface area contributed by atoms with E-state index in [4.69, 9.17) is 16.7 Å². The molecule has 0 amide bonds. The number of hydrogen-bond acceptors (Lipinski definition) is 1. The van der Waals surface area contributed by atoms with Gasteiger partial charge in [-0.1, -0.05) is 39.7 Å². The van der Waals surface area contributed by atoms with E-state index in [1.54, 1.807) is 0 Å². The van der Waals surface area contributed by atoms with Crippen LogP contribution in [0, 0.1) is 0 Å². The standard InChI is InChI=1S/C10H10BrClO/c1-7(6-13)4-8-2-3-9(12)5-10(8)11/h2-5,13H,6H2,1H3/b7-4-. The van der Waals surface area contributed by atoms with E-state index in [-0.39, 0.29) is 6.61 Å². The van der Waals surface area contributed by atoms with Gasteiger partial charge in [-0.15, -0.1) is 0 Å². The highest BCUT2D eigenvalue weighted by Gasteiger charge is 1.97. The summed E-state index contributed by atoms with van der Waals surface area (Å²) >= 11 is 9.18. The summed E-state index contributed by atoms with van der Waals surface area (Å²) in [5.41, 5.74) is 1.94. The summed E-state index contributed by atoms with van der Waals surface area (Å²) in [5, 5.41) is 9.53. The molecule has 0 aliphatic heterocycles. The second-order valence-corrected chi connectivity index (χ2v) is 4.11. The topological polar surface area (TPSA) is 20.2 Å². The Morgan fingerprint density at radius 2 is 2.31 bits per heavy atom. The highest BCUT2D eigenvalue weighted by molar-refractivity contribution is 9.10. The van der Waals surface area contributed by atoms with Crippen molar-refractivity contribution in [3.8, 4) is 0 Å². The Morgan fingerprint density at radius 1 is 1.62 bits per heavy atom. The first kappa shape index (κ1) is 10.8. The number of aliphatic hydroxyl groups excluding tert-OH is 1. The molecule has 1 nitrogen and oxygen atoms in total. The van der Waals surface area contributed by atoms with Crippen molar-refractivity contribution in [3.05, 3.63) is 38.8 Å². The van der Waals surface area contributed by atoms with E-state index in [0.717, 1.165) is 15.6 Å². The Balaban J connectivity index is 3.03. The third kappa shape index (κ3) is 3.14. The summed E-state index contributed by atoms with van der Waals surface area (Å²) < 4.78 is 0.938. The van der Waals surface area contributed by atoms with E-state index in [2.05, 4.69) is 15.9 Å². The van der Waals surface area contributed by atoms with Gasteiger partial charge in [0.15, 0.2) is 0 Å². The summed E-state index contributed by atoms with van der Waals surface area (Å²) in [6.07, 6.45) is 1.92. The number of rotatable bonds is 2. The van der Waals surface area contributed by atoms with Gasteiger partial charge >= 0.3 is 0 Å². The number of benzene rings is 1. The lowest BCUT2D eigenvalue weighted by atomic mass is 10.1. The fourth-order valence-electron chi connectivity index (χ4n) is 0.930. The van der Waals surface area contributed by atoms with Crippen molar-refractivity contribution in [2.75, 3.05) is 6.61 Å². The van der Waals surface area contributed by atoms with Crippen LogP contribution in [0.25, 0.3) is 6.08 Å². The fraction of sp³-hybridized carbons (Fsp3) is 0.200. The van der Waals surface area contributed by atoms with Crippen molar-refractivity contribution in [1.82, 2.24) is 0 Å². The minimum atomic E-state index is 0.0784. The molecular weight excluding hydrogens is 251 g/mol. The van der Waals surface area contributed by atoms with Gasteiger partial charge in [0.25, 0.3) is 0 Å². The second kappa shape index (κ2) is 4.80. The first-order chi connectivity index (χ1) is 6.13. The number of halogens is 2. The lowest BCUT2D eigenvalue weighted by Gasteiger charge is -2.00. The van der Waals surface area contributed by atoms with Gasteiger partial charge in [-0.25, -0.2) is 0 Å². The number of aliphatic hydroxyl groups is 1. The van der Waals surface area contributed by atoms with E-state index in [1.165, 1.54) is 0 Å². The molecule has 1 rings (SSSR count). The Kier molecular flexibility index (Phi) is 3.97. The van der Waals surface area contributed by atoms with Crippen molar-refractivity contribution < 1.29 is 5.11 Å². The van der Waals surface area contributed by atoms with Crippen LogP contribution >= 0.6 is 27.5 Å². The van der Waals surface area contributed by atoms with E-state index < -0.39 is 0 Å². The maximum Gasteiger partial charge on any atom is 0.0642 e. The minimum Gasteiger partial charge on any atom is -0.392 e. The van der Waals surface area contributed by atoms with Gasteiger partial charge in [-0.05, 0) is 30.2 Å². The number of hydrogen-bond donors (Lipinski definition) is 1. The maximum atomic E-state index is 8.83. The lowest BCUT2D eigenvalue weighted by Crippen LogP contribution is -1.84. The summed E-state index contributed by atoms with van der Waals surface area (Å²) in [4.78, 5) is 0. The highest BCUT2D eigenvalue weighted by atomic mass is 79.9. The molecule has 0 aromatic heterocycles. The highest BCUT2D eigenvalue weighted by Crippen LogP contribution is 2.23. The van der Waals surface area contributed by atoms with Crippen molar-refractivity contribution in [3.63, 3.8) is 0 Å². The van der Waals surface area contributed by atoms with Crippen LogP contribution in [0.2, 0.25) is 5.02 Å². The average Bonchev–Trinajstić information content (AvgIpc) is 2.09. The van der Waals surface area contributed by atoms with Crippen LogP contribution in [0.4, 0.5) is 0 Å². The molecule has 0 unspecified atom stereocenters. The van der Waals surface area contributed by atoms with Crippen LogP contribution in [0.3, 0.4) is 0 Å². The monoisotopic (exact) mass is 260 g/mol. The van der Waals surface area contributed by atoms with E-state index >= 15 is 0 Å². The smallest absolute Gasteiger partial charge is 0.0642 e. The van der Waals surface area contributed by atoms with Gasteiger partial charge in [-0.3, -0.25) is 0 Å². The van der Waals surface area contributed by atoms with Crippen LogP contribution < -0.4 is 0 Å². The molecular formula is C10H10BrClO. The first-order valence-electron chi connectivity index (χ1n) is 3.86. The van der Waals surface area contributed by atoms with Gasteiger partial charge in [-0.2, -0.15) is 0 Å². The molecule has 1 aromatic carbocycles. The van der Waals surface area contributed by atoms with Gasteiger partial charge in [0.2, 0.25) is 0 Å². The zero-order chi connectivity index (χ0) is 9.84. The summed E-state index contributed by atoms with van der Waals surface area (Å²) in [7, 11) is 0. The molecule has 13 heavy (non-hydrogen) atoms. The van der Waals surface area contributed by atoms with E-state index in [1.807, 2.05) is 31.2 Å². The van der Waals surface area contributed by atoms with Crippen molar-refractivity contribution in [2.45, 2.75) is 6.92 Å². The molecule has 0 saturated carbocycles. The maximum absolute atomic E-state index is 8.83. The molecule has 0 heterocycles. The normalized spacial score (nSPS) is 11.8. The first-order valence-corrected chi connectivity index (χ1v) is 5.03. The molecule has 0 saturated heterocycles. The molecule has 0 aliphatic carbocycles. The molecule has 0 bridgehead atoms. The van der Waals surface area contributed by atoms with Crippen molar-refractivity contribution in [1.29, 1.82) is 0 Å². The Hall–Kier alpha value is -0.310. The van der Waals surface area contributed by atoms with Crippen LogP contribution in [0.15, 0.2) is 28.2 Å². The molecule has 0 radical (unpaired) electrons. The van der Waals surface area contributed by atoms with Crippen LogP contribution in [0.5, 0.6) is 0 Å². The third-order valence-corrected chi connectivity index (χ3v) is 2.54. The third-order valence-electron chi connectivity index (χ3n) is 1.61. The predicted molar refractivity (Wildman–Crippen MR) is 59.9 cm³/mol. The summed E-state index contributed by atoms with van der Waals surface area (Å²) in [5.74, 6) is 0. The largest absolute Gasteiger partial charge is 0.392 e. The second-order valence-electron chi connectivity index (χ2n) is 2.81. The van der Waals surface area contributed by atoms with Crippen molar-refractivity contribution in [2.24, 2.45) is 0 Å². The van der Waals surface area contributed by atoms with Gasteiger partial charge in [0, 0.05) is 9.50 Å². The lowest BCUT2D eigenvalue weighted by molar-refractivity contribution is 0.332. The molecule has 1 aromatic rings. The van der Waals surface area contributed by atoms with E-state index in [0.29, 0.717) is 5.02 Å². The van der Waals surface area contributed by atoms with Crippen LogP contribution in [-0.4, -0.2) is 11.7 Å². The van der Waals surface area contributed by atoms with Crippen LogP contribution in [-0.2, 0) is 0 Å². The zero-order valence-electron chi connectivity index (χ0n) is 7.22. The van der Waals surface area contributed by atoms with Crippen LogP contribution in [0.1, 0.15) is 12.5 Å². The molecule has 1 N–H and O–H groups in total. The average molecular weight is 262 g/mol. The van der Waals surface area contributed by atoms with E-state index in [9.17, 15) is 0 Å². The van der Waals surface area contributed by atoms with Gasteiger partial charge in [0.05, 0.1) is 6.61 Å². The molecule has 0 atom stereocenters. The fourth-order valence-corrected chi connectivity index (χ4v) is 1.73. The van der Waals surface area contributed by atoms with Crippen molar-refractivity contribution >= 4 is 33.6 Å². The molecule has 0 spiro atoms. The van der Waals surface area contributed by atoms with Gasteiger partial charge in [0.1, 0.15) is 0 Å². The Bertz CT molecular complexity index is 334. The Morgan fingerprint density at radius 3 is 2.85 bits per heavy atom. The molecule has 0 aliphatic rings. The quantitative estimate of drug-likeness (QED) is 0.864. The van der Waals surface area contributed by atoms with Gasteiger partial charge < -0.3 is 5.11 Å². The minimum absolute atomic E-state index is 0.0784. The molecule has 3 heteroatoms. The zero-order valence-corrected chi connectivity index (χ0v) is 9.56.